The van der Waals surface area contributed by atoms with Crippen LogP contribution in [0.4, 0.5) is 16.2 Å². The Kier molecular flexibility index (Phi) is 7.01. The highest BCUT2D eigenvalue weighted by molar-refractivity contribution is 6.06. The number of carbonyl (C=O) groups is 3. The second-order valence-electron chi connectivity index (χ2n) is 6.93. The van der Waals surface area contributed by atoms with E-state index in [4.69, 9.17) is 4.74 Å². The Bertz CT molecular complexity index is 1100. The molecule has 7 heteroatoms. The zero-order valence-corrected chi connectivity index (χ0v) is 17.3. The molecule has 0 saturated heterocycles. The molecule has 0 radical (unpaired) electrons. The summed E-state index contributed by atoms with van der Waals surface area (Å²) in [4.78, 5) is 36.8. The quantitative estimate of drug-likeness (QED) is 0.558. The van der Waals surface area contributed by atoms with Gasteiger partial charge in [-0.3, -0.25) is 14.9 Å². The van der Waals surface area contributed by atoms with Gasteiger partial charge >= 0.3 is 6.03 Å². The summed E-state index contributed by atoms with van der Waals surface area (Å²) in [6, 6.07) is 20.5. The fourth-order valence-electron chi connectivity index (χ4n) is 2.91. The predicted molar refractivity (Wildman–Crippen MR) is 119 cm³/mol. The van der Waals surface area contributed by atoms with Crippen LogP contribution < -0.4 is 20.7 Å². The van der Waals surface area contributed by atoms with Gasteiger partial charge in [0.2, 0.25) is 0 Å². The summed E-state index contributed by atoms with van der Waals surface area (Å²) in [5, 5.41) is 7.62. The third kappa shape index (κ3) is 6.17. The van der Waals surface area contributed by atoms with Crippen LogP contribution in [0.2, 0.25) is 0 Å². The minimum atomic E-state index is -0.657. The van der Waals surface area contributed by atoms with Gasteiger partial charge in [-0.1, -0.05) is 48.0 Å². The molecule has 0 unspecified atom stereocenters. The minimum Gasteiger partial charge on any atom is -0.483 e. The van der Waals surface area contributed by atoms with E-state index in [1.165, 1.54) is 0 Å². The number of anilines is 2. The number of carbonyl (C=O) groups excluding carboxylic acids is 3. The van der Waals surface area contributed by atoms with Gasteiger partial charge in [0.05, 0.1) is 5.56 Å². The van der Waals surface area contributed by atoms with Crippen LogP contribution in [0.15, 0.2) is 72.8 Å². The Balaban J connectivity index is 1.56. The molecule has 0 aromatic heterocycles. The Morgan fingerprint density at radius 2 is 1.55 bits per heavy atom. The molecular weight excluding hydrogens is 394 g/mol. The van der Waals surface area contributed by atoms with Crippen molar-refractivity contribution in [2.45, 2.75) is 13.8 Å². The van der Waals surface area contributed by atoms with Crippen LogP contribution >= 0.6 is 0 Å². The molecule has 4 amide bonds. The molecule has 3 aromatic carbocycles. The van der Waals surface area contributed by atoms with E-state index >= 15 is 0 Å². The largest absolute Gasteiger partial charge is 0.483 e. The summed E-state index contributed by atoms with van der Waals surface area (Å²) in [6.07, 6.45) is 0. The number of para-hydroxylation sites is 2. The lowest BCUT2D eigenvalue weighted by Crippen LogP contribution is -2.37. The summed E-state index contributed by atoms with van der Waals surface area (Å²) >= 11 is 0. The van der Waals surface area contributed by atoms with Crippen molar-refractivity contribution in [1.82, 2.24) is 5.32 Å². The van der Waals surface area contributed by atoms with Crippen LogP contribution in [-0.2, 0) is 4.79 Å². The SMILES string of the molecule is Cc1ccc(NC(=O)NC(=O)COc2ccccc2C(=O)Nc2ccccc2)c(C)c1. The van der Waals surface area contributed by atoms with E-state index in [2.05, 4.69) is 16.0 Å². The number of ether oxygens (including phenoxy) is 1. The Morgan fingerprint density at radius 3 is 2.29 bits per heavy atom. The number of benzene rings is 3. The van der Waals surface area contributed by atoms with E-state index in [0.29, 0.717) is 11.4 Å². The van der Waals surface area contributed by atoms with Crippen LogP contribution in [0.1, 0.15) is 21.5 Å². The van der Waals surface area contributed by atoms with Crippen molar-refractivity contribution in [1.29, 1.82) is 0 Å². The van der Waals surface area contributed by atoms with Gasteiger partial charge < -0.3 is 15.4 Å². The molecule has 0 bridgehead atoms. The highest BCUT2D eigenvalue weighted by Gasteiger charge is 2.15. The average molecular weight is 417 g/mol. The van der Waals surface area contributed by atoms with Gasteiger partial charge in [0.1, 0.15) is 5.75 Å². The minimum absolute atomic E-state index is 0.237. The zero-order chi connectivity index (χ0) is 22.2. The van der Waals surface area contributed by atoms with Gasteiger partial charge in [-0.15, -0.1) is 0 Å². The highest BCUT2D eigenvalue weighted by Crippen LogP contribution is 2.20. The number of urea groups is 1. The first-order valence-corrected chi connectivity index (χ1v) is 9.68. The van der Waals surface area contributed by atoms with Crippen molar-refractivity contribution in [3.05, 3.63) is 89.5 Å². The highest BCUT2D eigenvalue weighted by atomic mass is 16.5. The monoisotopic (exact) mass is 417 g/mol. The van der Waals surface area contributed by atoms with Crippen LogP contribution in [0, 0.1) is 13.8 Å². The number of rotatable bonds is 6. The summed E-state index contributed by atoms with van der Waals surface area (Å²) in [7, 11) is 0. The molecule has 0 spiro atoms. The average Bonchev–Trinajstić information content (AvgIpc) is 2.75. The van der Waals surface area contributed by atoms with Gasteiger partial charge in [-0.05, 0) is 49.7 Å². The van der Waals surface area contributed by atoms with Gasteiger partial charge in [0, 0.05) is 11.4 Å². The standard InChI is InChI=1S/C24H23N3O4/c1-16-12-13-20(17(2)14-16)26-24(30)27-22(28)15-31-21-11-7-6-10-19(21)23(29)25-18-8-4-3-5-9-18/h3-14H,15H2,1-2H3,(H,25,29)(H2,26,27,28,30). The lowest BCUT2D eigenvalue weighted by Gasteiger charge is -2.12. The van der Waals surface area contributed by atoms with Crippen LogP contribution in [-0.4, -0.2) is 24.5 Å². The molecule has 3 N–H and O–H groups in total. The van der Waals surface area contributed by atoms with Crippen molar-refractivity contribution in [2.75, 3.05) is 17.2 Å². The van der Waals surface area contributed by atoms with Crippen molar-refractivity contribution < 1.29 is 19.1 Å². The molecule has 0 fully saturated rings. The smallest absolute Gasteiger partial charge is 0.325 e. The van der Waals surface area contributed by atoms with Gasteiger partial charge in [-0.2, -0.15) is 0 Å². The maximum Gasteiger partial charge on any atom is 0.325 e. The first-order chi connectivity index (χ1) is 14.9. The normalized spacial score (nSPS) is 10.1. The fraction of sp³-hybridized carbons (Fsp3) is 0.125. The summed E-state index contributed by atoms with van der Waals surface area (Å²) in [6.45, 7) is 3.40. The van der Waals surface area contributed by atoms with E-state index in [9.17, 15) is 14.4 Å². The second-order valence-corrected chi connectivity index (χ2v) is 6.93. The molecule has 158 valence electrons. The van der Waals surface area contributed by atoms with Crippen LogP contribution in [0.25, 0.3) is 0 Å². The molecule has 0 atom stereocenters. The molecule has 0 aliphatic rings. The summed E-state index contributed by atoms with van der Waals surface area (Å²) in [5.74, 6) is -0.767. The van der Waals surface area contributed by atoms with E-state index in [-0.39, 0.29) is 17.2 Å². The summed E-state index contributed by atoms with van der Waals surface area (Å²) in [5.41, 5.74) is 3.49. The molecule has 0 aliphatic heterocycles. The predicted octanol–water partition coefficient (Wildman–Crippen LogP) is 4.28. The fourth-order valence-corrected chi connectivity index (χ4v) is 2.91. The van der Waals surface area contributed by atoms with Crippen LogP contribution in [0.5, 0.6) is 5.75 Å². The van der Waals surface area contributed by atoms with E-state index < -0.39 is 18.5 Å². The third-order valence-electron chi connectivity index (χ3n) is 4.41. The summed E-state index contributed by atoms with van der Waals surface area (Å²) < 4.78 is 5.50. The molecule has 7 nitrogen and oxygen atoms in total. The van der Waals surface area contributed by atoms with Crippen molar-refractivity contribution in [3.63, 3.8) is 0 Å². The molecule has 0 heterocycles. The second kappa shape index (κ2) is 10.1. The number of hydrogen-bond acceptors (Lipinski definition) is 4. The molecule has 0 aliphatic carbocycles. The first kappa shape index (κ1) is 21.6. The lowest BCUT2D eigenvalue weighted by atomic mass is 10.1. The maximum atomic E-state index is 12.6. The van der Waals surface area contributed by atoms with Crippen LogP contribution in [0.3, 0.4) is 0 Å². The van der Waals surface area contributed by atoms with Gasteiger partial charge in [0.15, 0.2) is 6.61 Å². The van der Waals surface area contributed by atoms with E-state index in [1.807, 2.05) is 44.2 Å². The van der Waals surface area contributed by atoms with Crippen molar-refractivity contribution in [3.8, 4) is 5.75 Å². The number of nitrogens with one attached hydrogen (secondary N) is 3. The Morgan fingerprint density at radius 1 is 0.839 bits per heavy atom. The molecular formula is C24H23N3O4. The molecule has 3 rings (SSSR count). The number of hydrogen-bond donors (Lipinski definition) is 3. The molecule has 0 saturated carbocycles. The van der Waals surface area contributed by atoms with Crippen molar-refractivity contribution in [2.24, 2.45) is 0 Å². The van der Waals surface area contributed by atoms with E-state index in [0.717, 1.165) is 11.1 Å². The molecule has 31 heavy (non-hydrogen) atoms. The maximum absolute atomic E-state index is 12.6. The number of imide groups is 1. The number of aryl methyl sites for hydroxylation is 2. The molecule has 3 aromatic rings. The van der Waals surface area contributed by atoms with Crippen molar-refractivity contribution >= 4 is 29.2 Å². The first-order valence-electron chi connectivity index (χ1n) is 9.68. The lowest BCUT2D eigenvalue weighted by molar-refractivity contribution is -0.121. The Labute approximate surface area is 180 Å². The Hall–Kier alpha value is -4.13. The topological polar surface area (TPSA) is 96.5 Å². The van der Waals surface area contributed by atoms with Gasteiger partial charge in [0.25, 0.3) is 11.8 Å². The third-order valence-corrected chi connectivity index (χ3v) is 4.41. The zero-order valence-electron chi connectivity index (χ0n) is 17.3. The van der Waals surface area contributed by atoms with Gasteiger partial charge in [-0.25, -0.2) is 4.79 Å². The van der Waals surface area contributed by atoms with E-state index in [1.54, 1.807) is 42.5 Å². The number of amides is 4.